The third kappa shape index (κ3) is 6.05. The van der Waals surface area contributed by atoms with E-state index in [0.29, 0.717) is 54.3 Å². The van der Waals surface area contributed by atoms with Gasteiger partial charge in [0.15, 0.2) is 0 Å². The summed E-state index contributed by atoms with van der Waals surface area (Å²) >= 11 is 6.15. The minimum absolute atomic E-state index is 0.0202. The van der Waals surface area contributed by atoms with Crippen LogP contribution in [0, 0.1) is 13.8 Å². The molecule has 2 heterocycles. The molecule has 0 saturated carbocycles. The summed E-state index contributed by atoms with van der Waals surface area (Å²) in [5.74, 6) is -1.43. The van der Waals surface area contributed by atoms with Gasteiger partial charge in [0.1, 0.15) is 12.1 Å². The summed E-state index contributed by atoms with van der Waals surface area (Å²) in [6.45, 7) is 4.88. The van der Waals surface area contributed by atoms with Gasteiger partial charge in [-0.05, 0) is 81.5 Å². The number of likely N-dealkylation sites (tertiary alicyclic amines) is 1. The van der Waals surface area contributed by atoms with E-state index in [9.17, 15) is 22.8 Å². The molecule has 4 N–H and O–H groups in total. The Morgan fingerprint density at radius 1 is 1.15 bits per heavy atom. The number of hydrogen-bond donors (Lipinski definition) is 3. The van der Waals surface area contributed by atoms with E-state index in [1.54, 1.807) is 55.1 Å². The van der Waals surface area contributed by atoms with Gasteiger partial charge in [0.2, 0.25) is 17.7 Å². The molecule has 2 aromatic carbocycles. The Morgan fingerprint density at radius 2 is 1.79 bits per heavy atom. The van der Waals surface area contributed by atoms with Gasteiger partial charge in [-0.15, -0.1) is 0 Å². The third-order valence-electron chi connectivity index (χ3n) is 7.05. The first-order chi connectivity index (χ1) is 18.5. The SMILES string of the molecule is Cc1cc(Cl)cc(C)c1S(=O)(=O)N1c2ccccc2NC(=O)C1CC(=O)NC(CCCN)C(=O)N1CCCC1. The van der Waals surface area contributed by atoms with Gasteiger partial charge >= 0.3 is 0 Å². The topological polar surface area (TPSA) is 142 Å². The van der Waals surface area contributed by atoms with Crippen LogP contribution in [-0.2, 0) is 24.4 Å². The fourth-order valence-corrected chi connectivity index (χ4v) is 7.68. The molecular formula is C27H34ClN5O5S. The average molecular weight is 576 g/mol. The van der Waals surface area contributed by atoms with Crippen LogP contribution in [0.1, 0.15) is 43.2 Å². The number of benzene rings is 2. The molecule has 4 rings (SSSR count). The molecule has 0 spiro atoms. The number of rotatable bonds is 9. The monoisotopic (exact) mass is 575 g/mol. The second-order valence-corrected chi connectivity index (χ2v) is 12.2. The standard InChI is InChI=1S/C27H34ClN5O5S/c1-17-14-19(28)15-18(2)25(17)39(37,38)33-22-10-4-3-8-20(22)31-26(35)23(33)16-24(34)30-21(9-7-11-29)27(36)32-12-5-6-13-32/h3-4,8,10,14-15,21,23H,5-7,9,11-13,16,29H2,1-2H3,(H,30,34)(H,31,35). The number of nitrogens with one attached hydrogen (secondary N) is 2. The zero-order chi connectivity index (χ0) is 28.3. The Hall–Kier alpha value is -3.15. The molecule has 12 heteroatoms. The second-order valence-electron chi connectivity index (χ2n) is 9.98. The summed E-state index contributed by atoms with van der Waals surface area (Å²) < 4.78 is 29.4. The van der Waals surface area contributed by atoms with Gasteiger partial charge in [-0.2, -0.15) is 0 Å². The van der Waals surface area contributed by atoms with E-state index in [-0.39, 0.29) is 16.5 Å². The lowest BCUT2D eigenvalue weighted by Gasteiger charge is -2.37. The van der Waals surface area contributed by atoms with Crippen molar-refractivity contribution >= 4 is 50.7 Å². The van der Waals surface area contributed by atoms with Crippen molar-refractivity contribution in [3.05, 3.63) is 52.5 Å². The fraction of sp³-hybridized carbons (Fsp3) is 0.444. The van der Waals surface area contributed by atoms with E-state index in [4.69, 9.17) is 17.3 Å². The van der Waals surface area contributed by atoms with E-state index in [1.807, 2.05) is 0 Å². The number of para-hydroxylation sites is 2. The van der Waals surface area contributed by atoms with Gasteiger partial charge in [-0.1, -0.05) is 23.7 Å². The Labute approximate surface area is 233 Å². The van der Waals surface area contributed by atoms with Crippen LogP contribution >= 0.6 is 11.6 Å². The maximum absolute atomic E-state index is 14.2. The van der Waals surface area contributed by atoms with Crippen molar-refractivity contribution in [1.29, 1.82) is 0 Å². The van der Waals surface area contributed by atoms with Crippen LogP contribution in [0.25, 0.3) is 0 Å². The highest BCUT2D eigenvalue weighted by atomic mass is 35.5. The summed E-state index contributed by atoms with van der Waals surface area (Å²) in [6.07, 6.45) is 2.21. The van der Waals surface area contributed by atoms with Crippen molar-refractivity contribution in [1.82, 2.24) is 10.2 Å². The number of amides is 3. The quantitative estimate of drug-likeness (QED) is 0.420. The molecule has 39 heavy (non-hydrogen) atoms. The van der Waals surface area contributed by atoms with Crippen molar-refractivity contribution in [2.45, 2.75) is 62.9 Å². The van der Waals surface area contributed by atoms with Crippen molar-refractivity contribution in [3.63, 3.8) is 0 Å². The number of nitrogens with zero attached hydrogens (tertiary/aromatic N) is 2. The molecule has 0 bridgehead atoms. The van der Waals surface area contributed by atoms with Crippen LogP contribution in [0.4, 0.5) is 11.4 Å². The molecule has 2 aromatic rings. The molecule has 0 radical (unpaired) electrons. The lowest BCUT2D eigenvalue weighted by atomic mass is 10.1. The first-order valence-corrected chi connectivity index (χ1v) is 14.9. The number of carbonyl (C=O) groups is 3. The largest absolute Gasteiger partial charge is 0.344 e. The van der Waals surface area contributed by atoms with Gasteiger partial charge in [0.05, 0.1) is 22.7 Å². The number of sulfonamides is 1. The molecule has 0 aromatic heterocycles. The number of anilines is 2. The summed E-state index contributed by atoms with van der Waals surface area (Å²) in [7, 11) is -4.31. The van der Waals surface area contributed by atoms with Crippen LogP contribution in [0.5, 0.6) is 0 Å². The fourth-order valence-electron chi connectivity index (χ4n) is 5.30. The number of aryl methyl sites for hydroxylation is 2. The molecule has 210 valence electrons. The zero-order valence-electron chi connectivity index (χ0n) is 22.1. The van der Waals surface area contributed by atoms with Crippen molar-refractivity contribution in [2.75, 3.05) is 29.3 Å². The maximum Gasteiger partial charge on any atom is 0.265 e. The second kappa shape index (κ2) is 11.9. The van der Waals surface area contributed by atoms with Crippen molar-refractivity contribution < 1.29 is 22.8 Å². The van der Waals surface area contributed by atoms with E-state index < -0.39 is 40.3 Å². The number of fused-ring (bicyclic) bond motifs is 1. The molecule has 2 unspecified atom stereocenters. The maximum atomic E-state index is 14.2. The molecule has 10 nitrogen and oxygen atoms in total. The smallest absolute Gasteiger partial charge is 0.265 e. The van der Waals surface area contributed by atoms with Crippen LogP contribution in [0.2, 0.25) is 5.02 Å². The van der Waals surface area contributed by atoms with Crippen LogP contribution in [-0.4, -0.2) is 62.8 Å². The normalized spacial score (nSPS) is 17.9. The summed E-state index contributed by atoms with van der Waals surface area (Å²) in [4.78, 5) is 41.4. The predicted molar refractivity (Wildman–Crippen MR) is 150 cm³/mol. The first-order valence-electron chi connectivity index (χ1n) is 13.0. The van der Waals surface area contributed by atoms with E-state index in [1.165, 1.54) is 0 Å². The highest BCUT2D eigenvalue weighted by Gasteiger charge is 2.43. The Morgan fingerprint density at radius 3 is 2.44 bits per heavy atom. The highest BCUT2D eigenvalue weighted by Crippen LogP contribution is 2.39. The number of hydrogen-bond acceptors (Lipinski definition) is 6. The molecular weight excluding hydrogens is 542 g/mol. The minimum Gasteiger partial charge on any atom is -0.344 e. The molecule has 3 amide bonds. The van der Waals surface area contributed by atoms with Gasteiger partial charge in [0.25, 0.3) is 10.0 Å². The van der Waals surface area contributed by atoms with E-state index in [0.717, 1.165) is 17.1 Å². The van der Waals surface area contributed by atoms with Gasteiger partial charge in [-0.3, -0.25) is 18.7 Å². The summed E-state index contributed by atoms with van der Waals surface area (Å²) in [5.41, 5.74) is 7.06. The number of nitrogens with two attached hydrogens (primary N) is 1. The third-order valence-corrected chi connectivity index (χ3v) is 9.40. The molecule has 0 aliphatic carbocycles. The summed E-state index contributed by atoms with van der Waals surface area (Å²) in [6, 6.07) is 7.44. The van der Waals surface area contributed by atoms with E-state index >= 15 is 0 Å². The molecule has 2 aliphatic rings. The van der Waals surface area contributed by atoms with Crippen molar-refractivity contribution in [2.24, 2.45) is 5.73 Å². The molecule has 1 saturated heterocycles. The van der Waals surface area contributed by atoms with Crippen molar-refractivity contribution in [3.8, 4) is 0 Å². The number of halogens is 1. The van der Waals surface area contributed by atoms with Crippen LogP contribution in [0.15, 0.2) is 41.3 Å². The lowest BCUT2D eigenvalue weighted by Crippen LogP contribution is -2.54. The lowest BCUT2D eigenvalue weighted by molar-refractivity contribution is -0.136. The van der Waals surface area contributed by atoms with E-state index in [2.05, 4.69) is 10.6 Å². The Bertz CT molecular complexity index is 1350. The Balaban J connectivity index is 1.68. The predicted octanol–water partition coefficient (Wildman–Crippen LogP) is 2.71. The van der Waals surface area contributed by atoms with Gasteiger partial charge in [-0.25, -0.2) is 8.42 Å². The molecule has 1 fully saturated rings. The molecule has 2 aliphatic heterocycles. The average Bonchev–Trinajstić information content (AvgIpc) is 3.40. The zero-order valence-corrected chi connectivity index (χ0v) is 23.6. The number of carbonyl (C=O) groups excluding carboxylic acids is 3. The minimum atomic E-state index is -4.31. The highest BCUT2D eigenvalue weighted by molar-refractivity contribution is 7.93. The van der Waals surface area contributed by atoms with Crippen LogP contribution < -0.4 is 20.7 Å². The molecule has 2 atom stereocenters. The summed E-state index contributed by atoms with van der Waals surface area (Å²) in [5, 5.41) is 5.87. The van der Waals surface area contributed by atoms with Gasteiger partial charge < -0.3 is 21.3 Å². The Kier molecular flexibility index (Phi) is 8.83. The van der Waals surface area contributed by atoms with Gasteiger partial charge in [0, 0.05) is 18.1 Å². The van der Waals surface area contributed by atoms with Crippen LogP contribution in [0.3, 0.4) is 0 Å². The first kappa shape index (κ1) is 28.8.